The third-order valence-corrected chi connectivity index (χ3v) is 9.08. The number of hydrogen-bond acceptors (Lipinski definition) is 6. The lowest BCUT2D eigenvalue weighted by atomic mass is 10.0. The Kier molecular flexibility index (Phi) is 9.44. The van der Waals surface area contributed by atoms with Crippen molar-refractivity contribution in [1.29, 1.82) is 0 Å². The van der Waals surface area contributed by atoms with Gasteiger partial charge in [0, 0.05) is 42.5 Å². The van der Waals surface area contributed by atoms with Crippen molar-refractivity contribution >= 4 is 35.1 Å². The number of urea groups is 1. The van der Waals surface area contributed by atoms with Crippen molar-refractivity contribution in [3.63, 3.8) is 0 Å². The minimum Gasteiger partial charge on any atom is -0.456 e. The van der Waals surface area contributed by atoms with Gasteiger partial charge in [0.25, 0.3) is 0 Å². The molecule has 4 heterocycles. The lowest BCUT2D eigenvalue weighted by Gasteiger charge is -2.25. The molecular formula is C29H40N4O3S2. The highest BCUT2D eigenvalue weighted by molar-refractivity contribution is 8.03. The van der Waals surface area contributed by atoms with Crippen molar-refractivity contribution in [2.75, 3.05) is 18.8 Å². The van der Waals surface area contributed by atoms with E-state index < -0.39 is 11.6 Å². The summed E-state index contributed by atoms with van der Waals surface area (Å²) in [6.45, 7) is 15.3. The number of esters is 1. The molecule has 0 radical (unpaired) electrons. The van der Waals surface area contributed by atoms with Crippen molar-refractivity contribution in [2.45, 2.75) is 78.5 Å². The van der Waals surface area contributed by atoms with Gasteiger partial charge in [0.1, 0.15) is 10.6 Å². The summed E-state index contributed by atoms with van der Waals surface area (Å²) in [5.74, 6) is 0.383. The van der Waals surface area contributed by atoms with Gasteiger partial charge in [0.05, 0.1) is 10.6 Å². The second-order valence-corrected chi connectivity index (χ2v) is 13.0. The zero-order chi connectivity index (χ0) is 27.3. The van der Waals surface area contributed by atoms with E-state index in [9.17, 15) is 9.59 Å². The van der Waals surface area contributed by atoms with Crippen LogP contribution in [-0.4, -0.2) is 45.9 Å². The molecule has 0 bridgehead atoms. The maximum absolute atomic E-state index is 13.3. The molecular weight excluding hydrogens is 516 g/mol. The maximum Gasteiger partial charge on any atom is 0.341 e. The van der Waals surface area contributed by atoms with Gasteiger partial charge in [0.15, 0.2) is 0 Å². The monoisotopic (exact) mass is 556 g/mol. The molecule has 2 aromatic heterocycles. The molecule has 4 rings (SSSR count). The van der Waals surface area contributed by atoms with Gasteiger partial charge in [-0.05, 0) is 82.0 Å². The van der Waals surface area contributed by atoms with Gasteiger partial charge in [-0.25, -0.2) is 9.59 Å². The molecule has 2 aliphatic rings. The highest BCUT2D eigenvalue weighted by Crippen LogP contribution is 2.36. The first-order valence-electron chi connectivity index (χ1n) is 13.5. The average molecular weight is 557 g/mol. The predicted molar refractivity (Wildman–Crippen MR) is 157 cm³/mol. The first-order chi connectivity index (χ1) is 18.2. The Hall–Kier alpha value is -2.49. The van der Waals surface area contributed by atoms with Crippen LogP contribution in [0.5, 0.6) is 0 Å². The first-order valence-corrected chi connectivity index (χ1v) is 15.3. The summed E-state index contributed by atoms with van der Waals surface area (Å²) in [4.78, 5) is 30.3. The minimum atomic E-state index is -0.638. The smallest absolute Gasteiger partial charge is 0.341 e. The number of carbonyl (C=O) groups is 2. The van der Waals surface area contributed by atoms with Crippen LogP contribution in [0.4, 0.5) is 4.79 Å². The fourth-order valence-electron chi connectivity index (χ4n) is 4.77. The molecule has 0 fully saturated rings. The molecule has 7 nitrogen and oxygen atoms in total. The highest BCUT2D eigenvalue weighted by atomic mass is 32.2. The molecule has 2 aromatic rings. The molecule has 9 heteroatoms. The van der Waals surface area contributed by atoms with Crippen LogP contribution >= 0.6 is 23.1 Å². The number of aromatic nitrogens is 1. The lowest BCUT2D eigenvalue weighted by molar-refractivity contribution is -0.149. The van der Waals surface area contributed by atoms with E-state index in [1.807, 2.05) is 32.9 Å². The van der Waals surface area contributed by atoms with E-state index in [2.05, 4.69) is 46.0 Å². The highest BCUT2D eigenvalue weighted by Gasteiger charge is 2.28. The predicted octanol–water partition coefficient (Wildman–Crippen LogP) is 6.13. The maximum atomic E-state index is 13.3. The van der Waals surface area contributed by atoms with Crippen LogP contribution < -0.4 is 10.6 Å². The number of ether oxygens (including phenoxy) is 1. The van der Waals surface area contributed by atoms with E-state index in [1.165, 1.54) is 27.8 Å². The number of nitrogens with one attached hydrogen (secondary N) is 2. The fourth-order valence-corrected chi connectivity index (χ4v) is 7.23. The van der Waals surface area contributed by atoms with E-state index in [0.717, 1.165) is 56.1 Å². The molecule has 0 saturated carbocycles. The molecule has 2 N–H and O–H groups in total. The molecule has 38 heavy (non-hydrogen) atoms. The molecule has 2 amide bonds. The third kappa shape index (κ3) is 7.12. The van der Waals surface area contributed by atoms with Gasteiger partial charge < -0.3 is 19.9 Å². The number of carbonyl (C=O) groups excluding carboxylic acids is 2. The second-order valence-electron chi connectivity index (χ2n) is 10.8. The quantitative estimate of drug-likeness (QED) is 0.419. The molecule has 2 aliphatic heterocycles. The van der Waals surface area contributed by atoms with E-state index >= 15 is 0 Å². The normalized spacial score (nSPS) is 19.2. The number of nitrogens with zero attached hydrogens (tertiary/aromatic N) is 2. The van der Waals surface area contributed by atoms with Crippen LogP contribution in [0.15, 0.2) is 47.3 Å². The number of fused-ring (bicyclic) bond motifs is 1. The van der Waals surface area contributed by atoms with E-state index in [1.54, 1.807) is 11.3 Å². The Balaban J connectivity index is 1.56. The van der Waals surface area contributed by atoms with Gasteiger partial charge in [-0.15, -0.1) is 23.1 Å². The summed E-state index contributed by atoms with van der Waals surface area (Å²) in [5.41, 5.74) is 2.98. The number of rotatable bonds is 6. The second kappa shape index (κ2) is 12.6. The van der Waals surface area contributed by atoms with Crippen molar-refractivity contribution < 1.29 is 14.3 Å². The Morgan fingerprint density at radius 1 is 1.13 bits per heavy atom. The third-order valence-electron chi connectivity index (χ3n) is 6.72. The summed E-state index contributed by atoms with van der Waals surface area (Å²) >= 11 is 3.30. The number of likely N-dealkylation sites (N-methyl/N-ethyl adjacent to an activating group) is 1. The molecule has 0 aliphatic carbocycles. The molecule has 0 atom stereocenters. The van der Waals surface area contributed by atoms with Crippen LogP contribution in [0.1, 0.15) is 69.4 Å². The molecule has 206 valence electrons. The summed E-state index contributed by atoms with van der Waals surface area (Å²) in [6.07, 6.45) is 8.83. The summed E-state index contributed by atoms with van der Waals surface area (Å²) in [5, 5.41) is 7.76. The number of thioether (sulfide) groups is 1. The largest absolute Gasteiger partial charge is 0.456 e. The summed E-state index contributed by atoms with van der Waals surface area (Å²) in [6, 6.07) is 3.71. The van der Waals surface area contributed by atoms with Crippen molar-refractivity contribution in [2.24, 2.45) is 0 Å². The van der Waals surface area contributed by atoms with Crippen molar-refractivity contribution in [1.82, 2.24) is 20.1 Å². The van der Waals surface area contributed by atoms with Gasteiger partial charge in [-0.2, -0.15) is 0 Å². The Morgan fingerprint density at radius 3 is 2.61 bits per heavy atom. The number of amides is 2. The van der Waals surface area contributed by atoms with Crippen molar-refractivity contribution in [3.8, 4) is 5.00 Å². The van der Waals surface area contributed by atoms with Crippen LogP contribution in [0.3, 0.4) is 0 Å². The average Bonchev–Trinajstić information content (AvgIpc) is 3.51. The van der Waals surface area contributed by atoms with Gasteiger partial charge in [0.2, 0.25) is 0 Å². The molecule has 0 unspecified atom stereocenters. The summed E-state index contributed by atoms with van der Waals surface area (Å²) in [7, 11) is 0. The Morgan fingerprint density at radius 2 is 1.89 bits per heavy atom. The van der Waals surface area contributed by atoms with E-state index in [0.29, 0.717) is 29.1 Å². The first kappa shape index (κ1) is 28.5. The van der Waals surface area contributed by atoms with Gasteiger partial charge in [-0.1, -0.05) is 19.9 Å². The topological polar surface area (TPSA) is 75.6 Å². The Labute approximate surface area is 234 Å². The van der Waals surface area contributed by atoms with E-state index in [4.69, 9.17) is 4.74 Å². The van der Waals surface area contributed by atoms with Gasteiger partial charge >= 0.3 is 12.0 Å². The van der Waals surface area contributed by atoms with Gasteiger partial charge in [-0.3, -0.25) is 4.90 Å². The van der Waals surface area contributed by atoms with Crippen molar-refractivity contribution in [3.05, 3.63) is 63.3 Å². The summed E-state index contributed by atoms with van der Waals surface area (Å²) < 4.78 is 7.84. The SMILES string of the molecule is C=C1CCCCCS/C(NC(=O)NCc2c(-n3cccc3)sc3c2CCN(CC)C3)=C\1C(=O)OC(C)(C)C. The molecule has 0 aromatic carbocycles. The minimum absolute atomic E-state index is 0.329. The van der Waals surface area contributed by atoms with Crippen LogP contribution in [-0.2, 0) is 29.0 Å². The lowest BCUT2D eigenvalue weighted by Crippen LogP contribution is -2.36. The van der Waals surface area contributed by atoms with E-state index in [-0.39, 0.29) is 6.03 Å². The zero-order valence-corrected chi connectivity index (χ0v) is 24.7. The van der Waals surface area contributed by atoms with Crippen LogP contribution in [0, 0.1) is 0 Å². The Bertz CT molecular complexity index is 1190. The molecule has 0 spiro atoms. The fraction of sp³-hybridized carbons (Fsp3) is 0.517. The molecule has 0 saturated heterocycles. The number of thiophene rings is 1. The standard InChI is InChI=1S/C29H40N4O3S2/c1-6-32-16-13-21-22(26(38-23(21)19-32)33-14-9-10-15-33)18-30-28(35)31-25-24(27(34)36-29(3,4)5)20(2)12-8-7-11-17-37-25/h9-10,14-15H,2,6-8,11-13,16-19H2,1,3-5H3,(H2,30,31,35)/b25-24+. The number of hydrogen-bond donors (Lipinski definition) is 2. The van der Waals surface area contributed by atoms with Crippen LogP contribution in [0.2, 0.25) is 0 Å². The van der Waals surface area contributed by atoms with Crippen LogP contribution in [0.25, 0.3) is 5.00 Å². The zero-order valence-electron chi connectivity index (χ0n) is 23.0.